The highest BCUT2D eigenvalue weighted by molar-refractivity contribution is 5.88. The van der Waals surface area contributed by atoms with Crippen LogP contribution in [-0.2, 0) is 29.1 Å². The van der Waals surface area contributed by atoms with E-state index in [1.165, 1.54) is 5.56 Å². The first kappa shape index (κ1) is 20.8. The second-order valence-corrected chi connectivity index (χ2v) is 6.88. The van der Waals surface area contributed by atoms with Crippen molar-refractivity contribution >= 4 is 16.9 Å². The van der Waals surface area contributed by atoms with E-state index in [0.29, 0.717) is 18.5 Å². The minimum absolute atomic E-state index is 0.0179. The van der Waals surface area contributed by atoms with Crippen LogP contribution in [0.25, 0.3) is 22.3 Å². The first-order chi connectivity index (χ1) is 14.0. The molecule has 0 saturated heterocycles. The number of esters is 1. The highest BCUT2D eigenvalue weighted by Gasteiger charge is 2.27. The number of para-hydroxylation sites is 1. The van der Waals surface area contributed by atoms with Crippen molar-refractivity contribution in [2.45, 2.75) is 60.6 Å². The molecule has 0 N–H and O–H groups in total. The molecule has 1 aromatic carbocycles. The quantitative estimate of drug-likeness (QED) is 0.469. The van der Waals surface area contributed by atoms with Gasteiger partial charge in [0.2, 0.25) is 0 Å². The summed E-state index contributed by atoms with van der Waals surface area (Å²) in [5.74, 6) is -0.302. The lowest BCUT2D eigenvalue weighted by atomic mass is 9.98. The summed E-state index contributed by atoms with van der Waals surface area (Å²) in [5.41, 5.74) is 6.32. The van der Waals surface area contributed by atoms with E-state index in [2.05, 4.69) is 13.0 Å². The van der Waals surface area contributed by atoms with E-state index >= 15 is 0 Å². The van der Waals surface area contributed by atoms with Crippen LogP contribution < -0.4 is 5.56 Å². The number of nitrogens with zero attached hydrogens (tertiary/aromatic N) is 2. The van der Waals surface area contributed by atoms with Crippen LogP contribution in [0.5, 0.6) is 0 Å². The number of fused-ring (bicyclic) bond motifs is 4. The van der Waals surface area contributed by atoms with Crippen molar-refractivity contribution in [2.24, 2.45) is 0 Å². The molecule has 4 rings (SSSR count). The van der Waals surface area contributed by atoms with Gasteiger partial charge in [-0.2, -0.15) is 0 Å². The van der Waals surface area contributed by atoms with Crippen LogP contribution in [-0.4, -0.2) is 15.5 Å². The molecular weight excluding hydrogens is 364 g/mol. The first-order valence-electron chi connectivity index (χ1n) is 10.3. The van der Waals surface area contributed by atoms with E-state index in [1.807, 2.05) is 45.0 Å². The smallest absolute Gasteiger partial charge is 0.305 e. The number of ether oxygens (including phenoxy) is 1. The summed E-state index contributed by atoms with van der Waals surface area (Å²) in [4.78, 5) is 29.4. The third-order valence-electron chi connectivity index (χ3n) is 5.31. The average Bonchev–Trinajstić information content (AvgIpc) is 3.11. The van der Waals surface area contributed by atoms with Crippen molar-refractivity contribution in [3.05, 3.63) is 62.9 Å². The number of carbonyl (C=O) groups excluding carboxylic acids is 1. The molecule has 0 unspecified atom stereocenters. The van der Waals surface area contributed by atoms with E-state index in [-0.39, 0.29) is 18.1 Å². The fourth-order valence-corrected chi connectivity index (χ4v) is 3.86. The molecule has 29 heavy (non-hydrogen) atoms. The Morgan fingerprint density at radius 3 is 2.59 bits per heavy atom. The zero-order valence-corrected chi connectivity index (χ0v) is 17.8. The molecule has 5 heteroatoms. The maximum Gasteiger partial charge on any atom is 0.305 e. The molecule has 0 radical (unpaired) electrons. The third kappa shape index (κ3) is 3.57. The van der Waals surface area contributed by atoms with E-state index in [0.717, 1.165) is 39.8 Å². The van der Waals surface area contributed by atoms with Crippen molar-refractivity contribution in [3.63, 3.8) is 0 Å². The van der Waals surface area contributed by atoms with E-state index in [4.69, 9.17) is 9.72 Å². The number of aryl methyl sites for hydroxylation is 2. The number of carbonyl (C=O) groups is 1. The fraction of sp³-hybridized carbons (Fsp3) is 0.375. The predicted octanol–water partition coefficient (Wildman–Crippen LogP) is 4.78. The minimum atomic E-state index is -0.302. The van der Waals surface area contributed by atoms with Gasteiger partial charge in [-0.3, -0.25) is 9.59 Å². The molecule has 0 spiro atoms. The topological polar surface area (TPSA) is 61.2 Å². The molecule has 0 saturated carbocycles. The van der Waals surface area contributed by atoms with Gasteiger partial charge in [-0.05, 0) is 36.6 Å². The molecule has 0 atom stereocenters. The lowest BCUT2D eigenvalue weighted by Gasteiger charge is -2.11. The van der Waals surface area contributed by atoms with E-state index < -0.39 is 0 Å². The second-order valence-electron chi connectivity index (χ2n) is 6.88. The molecule has 1 aliphatic rings. The fourth-order valence-electron chi connectivity index (χ4n) is 3.86. The summed E-state index contributed by atoms with van der Waals surface area (Å²) < 4.78 is 6.98. The van der Waals surface area contributed by atoms with E-state index in [1.54, 1.807) is 11.5 Å². The molecule has 3 aromatic rings. The standard InChI is InChI=1S/C22H22N2O3.C2H6/c1-4-14-15-8-6-7-9-18(15)23-21-16(14)11-24-19(21)10-13(3)17(22(24)26)12-27-20(25)5-2;1-2/h6-10H,4-5,11-12H2,1-3H3;1-2H3. The Morgan fingerprint density at radius 1 is 1.17 bits per heavy atom. The number of aromatic nitrogens is 2. The molecule has 0 amide bonds. The first-order valence-corrected chi connectivity index (χ1v) is 10.3. The van der Waals surface area contributed by atoms with Crippen LogP contribution >= 0.6 is 0 Å². The molecular formula is C24H28N2O3. The van der Waals surface area contributed by atoms with Gasteiger partial charge in [-0.25, -0.2) is 4.98 Å². The third-order valence-corrected chi connectivity index (χ3v) is 5.31. The molecule has 1 aliphatic heterocycles. The van der Waals surface area contributed by atoms with Crippen LogP contribution in [0.4, 0.5) is 0 Å². The van der Waals surface area contributed by atoms with Gasteiger partial charge < -0.3 is 9.30 Å². The molecule has 2 aromatic heterocycles. The van der Waals surface area contributed by atoms with Crippen molar-refractivity contribution < 1.29 is 9.53 Å². The molecule has 0 fully saturated rings. The largest absolute Gasteiger partial charge is 0.461 e. The van der Waals surface area contributed by atoms with Crippen LogP contribution in [0.15, 0.2) is 35.1 Å². The summed E-state index contributed by atoms with van der Waals surface area (Å²) in [5, 5.41) is 1.15. The van der Waals surface area contributed by atoms with Gasteiger partial charge in [0.1, 0.15) is 6.61 Å². The number of rotatable bonds is 4. The number of pyridine rings is 2. The van der Waals surface area contributed by atoms with Gasteiger partial charge in [0.25, 0.3) is 5.56 Å². The Balaban J connectivity index is 0.00000117. The van der Waals surface area contributed by atoms with Gasteiger partial charge in [-0.1, -0.05) is 45.9 Å². The molecule has 5 nitrogen and oxygen atoms in total. The average molecular weight is 392 g/mol. The van der Waals surface area contributed by atoms with Crippen molar-refractivity contribution in [3.8, 4) is 11.4 Å². The molecule has 3 heterocycles. The maximum absolute atomic E-state index is 13.1. The van der Waals surface area contributed by atoms with Gasteiger partial charge in [0.15, 0.2) is 0 Å². The number of benzene rings is 1. The van der Waals surface area contributed by atoms with Crippen LogP contribution in [0, 0.1) is 6.92 Å². The normalized spacial score (nSPS) is 11.5. The Hall–Kier alpha value is -2.95. The van der Waals surface area contributed by atoms with Gasteiger partial charge in [-0.15, -0.1) is 0 Å². The zero-order valence-electron chi connectivity index (χ0n) is 17.8. The van der Waals surface area contributed by atoms with Crippen molar-refractivity contribution in [1.29, 1.82) is 0 Å². The van der Waals surface area contributed by atoms with Crippen molar-refractivity contribution in [1.82, 2.24) is 9.55 Å². The Labute approximate surface area is 171 Å². The van der Waals surface area contributed by atoms with Crippen LogP contribution in [0.3, 0.4) is 0 Å². The summed E-state index contributed by atoms with van der Waals surface area (Å²) in [6.45, 7) is 10.3. The Morgan fingerprint density at radius 2 is 1.90 bits per heavy atom. The summed E-state index contributed by atoms with van der Waals surface area (Å²) in [7, 11) is 0. The number of hydrogen-bond acceptors (Lipinski definition) is 4. The van der Waals surface area contributed by atoms with Gasteiger partial charge >= 0.3 is 5.97 Å². The summed E-state index contributed by atoms with van der Waals surface area (Å²) >= 11 is 0. The molecule has 0 aliphatic carbocycles. The number of hydrogen-bond donors (Lipinski definition) is 0. The molecule has 152 valence electrons. The van der Waals surface area contributed by atoms with E-state index in [9.17, 15) is 9.59 Å². The summed E-state index contributed by atoms with van der Waals surface area (Å²) in [6.07, 6.45) is 1.18. The minimum Gasteiger partial charge on any atom is -0.461 e. The predicted molar refractivity (Wildman–Crippen MR) is 116 cm³/mol. The highest BCUT2D eigenvalue weighted by Crippen LogP contribution is 2.36. The Kier molecular flexibility index (Phi) is 6.16. The monoisotopic (exact) mass is 392 g/mol. The maximum atomic E-state index is 13.1. The van der Waals surface area contributed by atoms with Crippen LogP contribution in [0.1, 0.15) is 56.4 Å². The van der Waals surface area contributed by atoms with Crippen molar-refractivity contribution in [2.75, 3.05) is 0 Å². The van der Waals surface area contributed by atoms with Gasteiger partial charge in [0, 0.05) is 17.4 Å². The SMILES string of the molecule is CC.CCC(=O)OCc1c(C)cc2n(c1=O)Cc1c-2nc2ccccc2c1CC. The summed E-state index contributed by atoms with van der Waals surface area (Å²) in [6, 6.07) is 10.1. The van der Waals surface area contributed by atoms with Gasteiger partial charge in [0.05, 0.1) is 29.0 Å². The molecule has 0 bridgehead atoms. The second kappa shape index (κ2) is 8.60. The Bertz CT molecular complexity index is 1130. The highest BCUT2D eigenvalue weighted by atomic mass is 16.5. The zero-order chi connectivity index (χ0) is 21.1. The lowest BCUT2D eigenvalue weighted by molar-refractivity contribution is -0.144. The van der Waals surface area contributed by atoms with Crippen LogP contribution in [0.2, 0.25) is 0 Å². The lowest BCUT2D eigenvalue weighted by Crippen LogP contribution is -2.25.